The van der Waals surface area contributed by atoms with Crippen LogP contribution in [-0.2, 0) is 20.1 Å². The Morgan fingerprint density at radius 1 is 1.06 bits per heavy atom. The molecule has 4 aromatic rings. The lowest BCUT2D eigenvalue weighted by atomic mass is 10.1. The number of aromatic nitrogens is 4. The maximum absolute atomic E-state index is 13.1. The molecule has 0 aliphatic heterocycles. The van der Waals surface area contributed by atoms with Gasteiger partial charge < -0.3 is 10.7 Å². The highest BCUT2D eigenvalue weighted by molar-refractivity contribution is 6.01. The van der Waals surface area contributed by atoms with Crippen LogP contribution >= 0.6 is 0 Å². The van der Waals surface area contributed by atoms with E-state index in [1.807, 2.05) is 30.3 Å². The van der Waals surface area contributed by atoms with Crippen LogP contribution in [0.3, 0.4) is 0 Å². The number of nitrogens with one attached hydrogen (secondary N) is 1. The zero-order valence-corrected chi connectivity index (χ0v) is 18.8. The Balaban J connectivity index is 1.61. The molecular weight excluding hydrogens is 436 g/mol. The predicted molar refractivity (Wildman–Crippen MR) is 129 cm³/mol. The molecule has 2 aromatic heterocycles. The number of benzene rings is 2. The molecule has 0 bridgehead atoms. The van der Waals surface area contributed by atoms with Gasteiger partial charge in [-0.25, -0.2) is 9.78 Å². The largest absolute Gasteiger partial charge is 0.384 e. The van der Waals surface area contributed by atoms with E-state index < -0.39 is 17.0 Å². The van der Waals surface area contributed by atoms with Gasteiger partial charge in [0.2, 0.25) is 0 Å². The van der Waals surface area contributed by atoms with Crippen LogP contribution in [0.1, 0.15) is 21.7 Å². The molecule has 10 heteroatoms. The molecule has 10 nitrogen and oxygen atoms in total. The van der Waals surface area contributed by atoms with Crippen molar-refractivity contribution in [1.29, 1.82) is 0 Å². The fourth-order valence-electron chi connectivity index (χ4n) is 3.81. The van der Waals surface area contributed by atoms with Crippen molar-refractivity contribution >= 4 is 22.5 Å². The number of anilines is 1. The van der Waals surface area contributed by atoms with Crippen molar-refractivity contribution in [3.63, 3.8) is 0 Å². The quantitative estimate of drug-likeness (QED) is 0.388. The molecule has 4 rings (SSSR count). The number of nitrogens with two attached hydrogens (primary N) is 1. The van der Waals surface area contributed by atoms with Crippen LogP contribution in [0, 0.1) is 0 Å². The zero-order chi connectivity index (χ0) is 24.4. The van der Waals surface area contributed by atoms with E-state index in [4.69, 9.17) is 5.73 Å². The Hall–Kier alpha value is -4.31. The minimum absolute atomic E-state index is 0.123. The first kappa shape index (κ1) is 22.9. The van der Waals surface area contributed by atoms with E-state index in [2.05, 4.69) is 9.97 Å². The molecule has 34 heavy (non-hydrogen) atoms. The van der Waals surface area contributed by atoms with Crippen LogP contribution in [0.5, 0.6) is 0 Å². The molecule has 174 valence electrons. The van der Waals surface area contributed by atoms with E-state index in [-0.39, 0.29) is 36.6 Å². The number of hydrogen-bond donors (Lipinski definition) is 2. The Morgan fingerprint density at radius 2 is 1.74 bits per heavy atom. The smallest absolute Gasteiger partial charge is 0.332 e. The van der Waals surface area contributed by atoms with Crippen molar-refractivity contribution < 1.29 is 4.79 Å². The number of likely N-dealkylation sites (N-methyl/N-ethyl adjacent to an activating group) is 1. The van der Waals surface area contributed by atoms with Crippen molar-refractivity contribution in [3.8, 4) is 0 Å². The summed E-state index contributed by atoms with van der Waals surface area (Å²) in [5, 5.41) is 0.474. The summed E-state index contributed by atoms with van der Waals surface area (Å²) in [5.74, 6) is -0.327. The summed E-state index contributed by atoms with van der Waals surface area (Å²) in [4.78, 5) is 59.6. The van der Waals surface area contributed by atoms with Crippen molar-refractivity contribution in [3.05, 3.63) is 103 Å². The van der Waals surface area contributed by atoms with Crippen molar-refractivity contribution in [1.82, 2.24) is 24.0 Å². The van der Waals surface area contributed by atoms with Crippen molar-refractivity contribution in [2.24, 2.45) is 7.05 Å². The van der Waals surface area contributed by atoms with Gasteiger partial charge >= 0.3 is 5.69 Å². The Labute approximate surface area is 193 Å². The molecule has 2 heterocycles. The average Bonchev–Trinajstić information content (AvgIpc) is 2.81. The summed E-state index contributed by atoms with van der Waals surface area (Å²) in [6, 6.07) is 16.1. The van der Waals surface area contributed by atoms with E-state index in [0.29, 0.717) is 16.7 Å². The lowest BCUT2D eigenvalue weighted by Crippen LogP contribution is -2.44. The summed E-state index contributed by atoms with van der Waals surface area (Å²) in [5.41, 5.74) is 5.65. The van der Waals surface area contributed by atoms with E-state index >= 15 is 0 Å². The average molecular weight is 460 g/mol. The lowest BCUT2D eigenvalue weighted by molar-refractivity contribution is 0.0940. The number of aromatic amines is 1. The van der Waals surface area contributed by atoms with E-state index in [1.165, 1.54) is 11.6 Å². The number of nitrogen functional groups attached to an aromatic ring is 1. The second-order valence-corrected chi connectivity index (χ2v) is 8.10. The van der Waals surface area contributed by atoms with Gasteiger partial charge in [0.1, 0.15) is 17.2 Å². The van der Waals surface area contributed by atoms with E-state index in [9.17, 15) is 19.2 Å². The summed E-state index contributed by atoms with van der Waals surface area (Å²) in [6.07, 6.45) is 0. The molecule has 0 saturated heterocycles. The molecule has 0 amide bonds. The molecule has 0 atom stereocenters. The van der Waals surface area contributed by atoms with Gasteiger partial charge in [0.25, 0.3) is 11.1 Å². The second kappa shape index (κ2) is 9.28. The van der Waals surface area contributed by atoms with Crippen LogP contribution < -0.4 is 22.5 Å². The number of hydrogen-bond acceptors (Lipinski definition) is 7. The SMILES string of the molecule is CN(CC(=O)c1c(N)n(Cc2ccccc2)c(=O)n(C)c1=O)Cc1nc2ccccc2c(=O)[nH]1. The van der Waals surface area contributed by atoms with Gasteiger partial charge in [0.15, 0.2) is 5.78 Å². The van der Waals surface area contributed by atoms with Gasteiger partial charge in [-0.05, 0) is 24.7 Å². The van der Waals surface area contributed by atoms with Gasteiger partial charge in [-0.1, -0.05) is 42.5 Å². The van der Waals surface area contributed by atoms with Gasteiger partial charge in [0, 0.05) is 7.05 Å². The Bertz CT molecular complexity index is 1550. The highest BCUT2D eigenvalue weighted by Gasteiger charge is 2.23. The third kappa shape index (κ3) is 4.44. The minimum atomic E-state index is -0.748. The fraction of sp³-hybridized carbons (Fsp3) is 0.208. The summed E-state index contributed by atoms with van der Waals surface area (Å²) < 4.78 is 2.10. The van der Waals surface area contributed by atoms with Crippen LogP contribution in [0.2, 0.25) is 0 Å². The van der Waals surface area contributed by atoms with E-state index in [1.54, 1.807) is 36.2 Å². The number of carbonyl (C=O) groups is 1. The molecule has 0 radical (unpaired) electrons. The highest BCUT2D eigenvalue weighted by Crippen LogP contribution is 2.11. The summed E-state index contributed by atoms with van der Waals surface area (Å²) >= 11 is 0. The molecule has 0 aliphatic rings. The number of rotatable bonds is 7. The molecular formula is C24H24N6O4. The number of ketones is 1. The third-order valence-electron chi connectivity index (χ3n) is 5.54. The maximum Gasteiger partial charge on any atom is 0.332 e. The van der Waals surface area contributed by atoms with Gasteiger partial charge in [-0.2, -0.15) is 0 Å². The molecule has 0 saturated carbocycles. The number of fused-ring (bicyclic) bond motifs is 1. The zero-order valence-electron chi connectivity index (χ0n) is 18.8. The second-order valence-electron chi connectivity index (χ2n) is 8.10. The highest BCUT2D eigenvalue weighted by atomic mass is 16.2. The number of nitrogens with zero attached hydrogens (tertiary/aromatic N) is 4. The van der Waals surface area contributed by atoms with Gasteiger partial charge in [-0.3, -0.25) is 28.4 Å². The Kier molecular flexibility index (Phi) is 6.24. The first-order valence-electron chi connectivity index (χ1n) is 10.6. The van der Waals surface area contributed by atoms with Crippen LogP contribution in [0.25, 0.3) is 10.9 Å². The first-order valence-corrected chi connectivity index (χ1v) is 10.6. The van der Waals surface area contributed by atoms with Crippen molar-refractivity contribution in [2.75, 3.05) is 19.3 Å². The molecule has 0 unspecified atom stereocenters. The maximum atomic E-state index is 13.1. The number of para-hydroxylation sites is 1. The van der Waals surface area contributed by atoms with Crippen LogP contribution in [-0.4, -0.2) is 43.4 Å². The molecule has 3 N–H and O–H groups in total. The number of Topliss-reactive ketones (excluding diaryl/α,β-unsaturated/α-hetero) is 1. The summed E-state index contributed by atoms with van der Waals surface area (Å²) in [6.45, 7) is 0.118. The molecule has 0 spiro atoms. The molecule has 0 aliphatic carbocycles. The summed E-state index contributed by atoms with van der Waals surface area (Å²) in [7, 11) is 2.98. The predicted octanol–water partition coefficient (Wildman–Crippen LogP) is 0.729. The number of carbonyl (C=O) groups excluding carboxylic acids is 1. The van der Waals surface area contributed by atoms with E-state index in [0.717, 1.165) is 10.1 Å². The molecule has 0 fully saturated rings. The minimum Gasteiger partial charge on any atom is -0.384 e. The van der Waals surface area contributed by atoms with Crippen LogP contribution in [0.4, 0.5) is 5.82 Å². The fourth-order valence-corrected chi connectivity index (χ4v) is 3.81. The van der Waals surface area contributed by atoms with Gasteiger partial charge in [0.05, 0.1) is 30.5 Å². The normalized spacial score (nSPS) is 11.3. The topological polar surface area (TPSA) is 136 Å². The van der Waals surface area contributed by atoms with Crippen molar-refractivity contribution in [2.45, 2.75) is 13.1 Å². The Morgan fingerprint density at radius 3 is 2.47 bits per heavy atom. The monoisotopic (exact) mass is 460 g/mol. The standard InChI is InChI=1S/C24H24N6O4/c1-28(14-19-26-17-11-7-6-10-16(17)22(32)27-19)13-18(31)20-21(25)30(24(34)29(2)23(20)33)12-15-8-4-3-5-9-15/h3-11H,12-14,25H2,1-2H3,(H,26,27,32). The molecule has 2 aromatic carbocycles. The third-order valence-corrected chi connectivity index (χ3v) is 5.54. The van der Waals surface area contributed by atoms with Gasteiger partial charge in [-0.15, -0.1) is 0 Å². The first-order chi connectivity index (χ1) is 16.3. The lowest BCUT2D eigenvalue weighted by Gasteiger charge is -2.18. The van der Waals surface area contributed by atoms with Crippen LogP contribution in [0.15, 0.2) is 69.0 Å². The number of H-pyrrole nitrogens is 1.